The molecule has 5 heteroatoms. The number of nitrogens with two attached hydrogens (primary N) is 1. The molecule has 4 nitrogen and oxygen atoms in total. The number of anilines is 1. The van der Waals surface area contributed by atoms with E-state index >= 15 is 0 Å². The highest BCUT2D eigenvalue weighted by molar-refractivity contribution is 14.1. The molecule has 62 valence electrons. The van der Waals surface area contributed by atoms with Crippen LogP contribution < -0.4 is 5.73 Å². The Hall–Kier alpha value is -0.850. The number of aryl methyl sites for hydroxylation is 1. The highest BCUT2D eigenvalue weighted by Gasteiger charge is 2.05. The minimum absolute atomic E-state index is 0.710. The first-order valence-electron chi connectivity index (χ1n) is 3.45. The van der Waals surface area contributed by atoms with Crippen molar-refractivity contribution in [3.63, 3.8) is 0 Å². The van der Waals surface area contributed by atoms with Gasteiger partial charge in [-0.1, -0.05) is 0 Å². The Morgan fingerprint density at radius 1 is 1.58 bits per heavy atom. The molecule has 0 aliphatic rings. The van der Waals surface area contributed by atoms with Gasteiger partial charge in [-0.2, -0.15) is 5.10 Å². The molecule has 2 aromatic heterocycles. The van der Waals surface area contributed by atoms with Crippen molar-refractivity contribution in [3.05, 3.63) is 15.5 Å². The van der Waals surface area contributed by atoms with Gasteiger partial charge in [-0.25, -0.2) is 4.98 Å². The Labute approximate surface area is 82.7 Å². The van der Waals surface area contributed by atoms with Gasteiger partial charge >= 0.3 is 0 Å². The average Bonchev–Trinajstić information content (AvgIpc) is 2.35. The summed E-state index contributed by atoms with van der Waals surface area (Å²) in [6, 6.07) is 1.89. The molecule has 0 amide bonds. The van der Waals surface area contributed by atoms with Crippen LogP contribution in [0.3, 0.4) is 0 Å². The zero-order valence-electron chi connectivity index (χ0n) is 6.43. The summed E-state index contributed by atoms with van der Waals surface area (Å²) in [6.07, 6.45) is 0. The number of rotatable bonds is 0. The number of hydrogen-bond acceptors (Lipinski definition) is 3. The summed E-state index contributed by atoms with van der Waals surface area (Å²) in [4.78, 5) is 4.22. The van der Waals surface area contributed by atoms with Crippen LogP contribution in [0.25, 0.3) is 11.0 Å². The van der Waals surface area contributed by atoms with E-state index in [9.17, 15) is 0 Å². The maximum Gasteiger partial charge on any atom is 0.182 e. The van der Waals surface area contributed by atoms with Gasteiger partial charge in [0.1, 0.15) is 3.70 Å². The number of H-pyrrole nitrogens is 1. The summed E-state index contributed by atoms with van der Waals surface area (Å²) < 4.78 is 0.974. The maximum absolute atomic E-state index is 5.71. The molecule has 0 radical (unpaired) electrons. The van der Waals surface area contributed by atoms with E-state index in [0.29, 0.717) is 5.69 Å². The smallest absolute Gasteiger partial charge is 0.182 e. The van der Waals surface area contributed by atoms with Crippen LogP contribution in [0.1, 0.15) is 5.69 Å². The standard InChI is InChI=1S/C7H7IN4/c1-3-5(9)2-4-6(8)11-12-7(4)10-3/h2H,9H2,1H3,(H,10,11,12). The Bertz CT molecular complexity index is 434. The van der Waals surface area contributed by atoms with Crippen molar-refractivity contribution in [2.45, 2.75) is 6.92 Å². The van der Waals surface area contributed by atoms with Crippen LogP contribution in [0.15, 0.2) is 6.07 Å². The van der Waals surface area contributed by atoms with E-state index in [1.807, 2.05) is 13.0 Å². The number of nitrogens with zero attached hydrogens (tertiary/aromatic N) is 2. The van der Waals surface area contributed by atoms with E-state index in [2.05, 4.69) is 37.8 Å². The minimum atomic E-state index is 0.710. The topological polar surface area (TPSA) is 67.6 Å². The largest absolute Gasteiger partial charge is 0.397 e. The van der Waals surface area contributed by atoms with E-state index in [-0.39, 0.29) is 0 Å². The van der Waals surface area contributed by atoms with Crippen molar-refractivity contribution in [1.82, 2.24) is 15.2 Å². The van der Waals surface area contributed by atoms with E-state index in [1.165, 1.54) is 0 Å². The van der Waals surface area contributed by atoms with Crippen LogP contribution in [0.5, 0.6) is 0 Å². The Kier molecular flexibility index (Phi) is 1.67. The molecule has 2 heterocycles. The van der Waals surface area contributed by atoms with E-state index in [1.54, 1.807) is 0 Å². The first-order chi connectivity index (χ1) is 5.68. The molecule has 0 bridgehead atoms. The van der Waals surface area contributed by atoms with E-state index in [4.69, 9.17) is 5.73 Å². The normalized spacial score (nSPS) is 10.8. The summed E-state index contributed by atoms with van der Waals surface area (Å²) in [5, 5.41) is 7.86. The fourth-order valence-electron chi connectivity index (χ4n) is 1.02. The molecule has 12 heavy (non-hydrogen) atoms. The molecule has 0 fully saturated rings. The van der Waals surface area contributed by atoms with Crippen LogP contribution in [0.2, 0.25) is 0 Å². The predicted molar refractivity (Wildman–Crippen MR) is 55.8 cm³/mol. The number of hydrogen-bond donors (Lipinski definition) is 2. The van der Waals surface area contributed by atoms with Gasteiger partial charge < -0.3 is 5.73 Å². The lowest BCUT2D eigenvalue weighted by atomic mass is 10.3. The third kappa shape index (κ3) is 1.04. The molecule has 0 atom stereocenters. The molecule has 0 unspecified atom stereocenters. The second-order valence-corrected chi connectivity index (χ2v) is 3.65. The second-order valence-electron chi connectivity index (χ2n) is 2.57. The average molecular weight is 274 g/mol. The third-order valence-electron chi connectivity index (χ3n) is 1.73. The Morgan fingerprint density at radius 2 is 2.33 bits per heavy atom. The van der Waals surface area contributed by atoms with Crippen LogP contribution in [0.4, 0.5) is 5.69 Å². The summed E-state index contributed by atoms with van der Waals surface area (Å²) in [5.41, 5.74) is 7.97. The summed E-state index contributed by atoms with van der Waals surface area (Å²) in [5.74, 6) is 0. The number of fused-ring (bicyclic) bond motifs is 1. The summed E-state index contributed by atoms with van der Waals surface area (Å²) >= 11 is 2.17. The van der Waals surface area contributed by atoms with Gasteiger partial charge in [0.2, 0.25) is 0 Å². The molecule has 0 saturated carbocycles. The van der Waals surface area contributed by atoms with Crippen molar-refractivity contribution in [2.75, 3.05) is 5.73 Å². The van der Waals surface area contributed by atoms with Gasteiger partial charge in [0, 0.05) is 0 Å². The van der Waals surface area contributed by atoms with Crippen molar-refractivity contribution < 1.29 is 0 Å². The first-order valence-corrected chi connectivity index (χ1v) is 4.53. The van der Waals surface area contributed by atoms with Crippen molar-refractivity contribution >= 4 is 39.3 Å². The molecule has 0 spiro atoms. The fraction of sp³-hybridized carbons (Fsp3) is 0.143. The van der Waals surface area contributed by atoms with Gasteiger partial charge in [0.15, 0.2) is 5.65 Å². The number of aromatic amines is 1. The van der Waals surface area contributed by atoms with Gasteiger partial charge in [0.05, 0.1) is 16.8 Å². The van der Waals surface area contributed by atoms with Gasteiger partial charge in [-0.3, -0.25) is 5.10 Å². The van der Waals surface area contributed by atoms with Crippen LogP contribution in [0, 0.1) is 10.6 Å². The zero-order valence-corrected chi connectivity index (χ0v) is 8.58. The summed E-state index contributed by atoms with van der Waals surface area (Å²) in [7, 11) is 0. The van der Waals surface area contributed by atoms with Crippen LogP contribution in [-0.2, 0) is 0 Å². The zero-order chi connectivity index (χ0) is 8.72. The summed E-state index contributed by atoms with van der Waals surface area (Å²) in [6.45, 7) is 1.87. The number of pyridine rings is 1. The number of nitrogen functional groups attached to an aromatic ring is 1. The lowest BCUT2D eigenvalue weighted by molar-refractivity contribution is 1.07. The molecular weight excluding hydrogens is 267 g/mol. The third-order valence-corrected chi connectivity index (χ3v) is 2.55. The van der Waals surface area contributed by atoms with E-state index < -0.39 is 0 Å². The van der Waals surface area contributed by atoms with Gasteiger partial charge in [-0.15, -0.1) is 0 Å². The van der Waals surface area contributed by atoms with Crippen molar-refractivity contribution in [2.24, 2.45) is 0 Å². The number of nitrogens with one attached hydrogen (secondary N) is 1. The van der Waals surface area contributed by atoms with E-state index in [0.717, 1.165) is 20.4 Å². The highest BCUT2D eigenvalue weighted by Crippen LogP contribution is 2.20. The lowest BCUT2D eigenvalue weighted by Gasteiger charge is -1.96. The SMILES string of the molecule is Cc1nc2n[nH]c(I)c2cc1N. The fourth-order valence-corrected chi connectivity index (χ4v) is 1.53. The molecule has 2 rings (SSSR count). The number of aromatic nitrogens is 3. The second kappa shape index (κ2) is 2.58. The predicted octanol–water partition coefficient (Wildman–Crippen LogP) is 1.45. The van der Waals surface area contributed by atoms with Gasteiger partial charge in [-0.05, 0) is 35.6 Å². The van der Waals surface area contributed by atoms with Crippen molar-refractivity contribution in [1.29, 1.82) is 0 Å². The minimum Gasteiger partial charge on any atom is -0.397 e. The Morgan fingerprint density at radius 3 is 3.08 bits per heavy atom. The Balaban J connectivity index is 2.87. The molecule has 2 aromatic rings. The lowest BCUT2D eigenvalue weighted by Crippen LogP contribution is -1.92. The quantitative estimate of drug-likeness (QED) is 0.714. The molecule has 0 aliphatic heterocycles. The monoisotopic (exact) mass is 274 g/mol. The molecule has 0 aromatic carbocycles. The van der Waals surface area contributed by atoms with Crippen molar-refractivity contribution in [3.8, 4) is 0 Å². The maximum atomic E-state index is 5.71. The van der Waals surface area contributed by atoms with Crippen LogP contribution in [-0.4, -0.2) is 15.2 Å². The highest BCUT2D eigenvalue weighted by atomic mass is 127. The molecule has 0 saturated heterocycles. The molecule has 0 aliphatic carbocycles. The van der Waals surface area contributed by atoms with Gasteiger partial charge in [0.25, 0.3) is 0 Å². The first kappa shape index (κ1) is 7.78. The molecular formula is C7H7IN4. The molecule has 3 N–H and O–H groups in total. The number of halogens is 1. The van der Waals surface area contributed by atoms with Crippen LogP contribution >= 0.6 is 22.6 Å².